The van der Waals surface area contributed by atoms with Gasteiger partial charge in [0.05, 0.1) is 0 Å². The van der Waals surface area contributed by atoms with Crippen LogP contribution in [-0.4, -0.2) is 6.08 Å². The first-order valence-electron chi connectivity index (χ1n) is 0.855. The summed E-state index contributed by atoms with van der Waals surface area (Å²) in [5, 5.41) is 0. The summed E-state index contributed by atoms with van der Waals surface area (Å²) in [7, 11) is -0.891. The van der Waals surface area contributed by atoms with E-state index in [0.29, 0.717) is 0 Å². The van der Waals surface area contributed by atoms with E-state index in [9.17, 15) is 0 Å². The lowest BCUT2D eigenvalue weighted by molar-refractivity contribution is 0.565. The molecule has 0 aliphatic rings. The Morgan fingerprint density at radius 2 is 2.40 bits per heavy atom. The highest BCUT2D eigenvalue weighted by atomic mass is 31.1. The lowest BCUT2D eigenvalue weighted by Crippen LogP contribution is -1.28. The van der Waals surface area contributed by atoms with Gasteiger partial charge in [0.15, 0.2) is 8.61 Å². The minimum atomic E-state index is -0.891. The van der Waals surface area contributed by atoms with Gasteiger partial charge in [-0.3, -0.25) is 4.57 Å². The molecule has 3 nitrogen and oxygen atoms in total. The van der Waals surface area contributed by atoms with Crippen molar-refractivity contribution >= 4 is 14.7 Å². The van der Waals surface area contributed by atoms with Gasteiger partial charge in [-0.15, -0.1) is 4.76 Å². The second-order valence-electron chi connectivity index (χ2n) is 0.294. The summed E-state index contributed by atoms with van der Waals surface area (Å²) in [5.41, 5.74) is 0. The molecule has 0 rings (SSSR count). The van der Waals surface area contributed by atoms with Crippen molar-refractivity contribution in [3.63, 3.8) is 0 Å². The molecule has 5 heavy (non-hydrogen) atoms. The normalized spacial score (nSPS) is 6.40. The summed E-state index contributed by atoms with van der Waals surface area (Å²) in [6.07, 6.45) is 1.09. The summed E-state index contributed by atoms with van der Waals surface area (Å²) in [5.74, 6) is 0. The Bertz CT molecular complexity index is 73.7. The third kappa shape index (κ3) is 3.48. The van der Waals surface area contributed by atoms with Gasteiger partial charge in [0.2, 0.25) is 6.08 Å². The van der Waals surface area contributed by atoms with E-state index in [4.69, 9.17) is 9.36 Å². The van der Waals surface area contributed by atoms with Crippen LogP contribution in [0.1, 0.15) is 0 Å². The molecule has 0 aromatic carbocycles. The Labute approximate surface area is 30.0 Å². The maximum absolute atomic E-state index is 9.13. The number of isocyanates is 1. The van der Waals surface area contributed by atoms with Gasteiger partial charge in [0, 0.05) is 0 Å². The SMILES string of the molecule is O=C=N[PH]=O. The summed E-state index contributed by atoms with van der Waals surface area (Å²) >= 11 is 0. The molecule has 0 heterocycles. The van der Waals surface area contributed by atoms with Crippen LogP contribution in [0.5, 0.6) is 0 Å². The van der Waals surface area contributed by atoms with Gasteiger partial charge in [-0.25, -0.2) is 4.79 Å². The zero-order chi connectivity index (χ0) is 4.12. The largest absolute Gasteiger partial charge is 0.264 e. The van der Waals surface area contributed by atoms with E-state index in [1.807, 2.05) is 0 Å². The van der Waals surface area contributed by atoms with Crippen molar-refractivity contribution in [1.29, 1.82) is 0 Å². The van der Waals surface area contributed by atoms with Gasteiger partial charge in [0.1, 0.15) is 0 Å². The third-order valence-electron chi connectivity index (χ3n) is 0.0913. The Hall–Kier alpha value is -0.520. The zero-order valence-electron chi connectivity index (χ0n) is 2.26. The van der Waals surface area contributed by atoms with E-state index >= 15 is 0 Å². The predicted octanol–water partition coefficient (Wildman–Crippen LogP) is 0.261. The highest BCUT2D eigenvalue weighted by Gasteiger charge is 1.46. The predicted molar refractivity (Wildman–Crippen MR) is 17.1 cm³/mol. The van der Waals surface area contributed by atoms with Crippen LogP contribution >= 0.6 is 8.61 Å². The van der Waals surface area contributed by atoms with Crippen LogP contribution in [0.15, 0.2) is 4.76 Å². The smallest absolute Gasteiger partial charge is 0.246 e. The first kappa shape index (κ1) is 4.48. The minimum absolute atomic E-state index is 0.891. The summed E-state index contributed by atoms with van der Waals surface area (Å²) in [6, 6.07) is 0. The Kier molecular flexibility index (Phi) is 3.12. The highest BCUT2D eigenvalue weighted by Crippen LogP contribution is 1.84. The molecule has 1 radical (unpaired) electrons. The van der Waals surface area contributed by atoms with E-state index < -0.39 is 8.61 Å². The van der Waals surface area contributed by atoms with Crippen molar-refractivity contribution in [1.82, 2.24) is 0 Å². The topological polar surface area (TPSA) is 46.5 Å². The van der Waals surface area contributed by atoms with Crippen LogP contribution in [0.4, 0.5) is 0 Å². The van der Waals surface area contributed by atoms with Crippen LogP contribution < -0.4 is 0 Å². The molecule has 0 aliphatic heterocycles. The first-order chi connectivity index (χ1) is 2.41. The zero-order valence-corrected chi connectivity index (χ0v) is 3.26. The van der Waals surface area contributed by atoms with Crippen LogP contribution in [0.3, 0.4) is 0 Å². The fourth-order valence-electron chi connectivity index (χ4n) is 0.0186. The van der Waals surface area contributed by atoms with Gasteiger partial charge in [0.25, 0.3) is 0 Å². The monoisotopic (exact) mass is 90.0 g/mol. The molecule has 0 saturated heterocycles. The maximum Gasteiger partial charge on any atom is 0.246 e. The van der Waals surface area contributed by atoms with Crippen molar-refractivity contribution in [2.45, 2.75) is 0 Å². The maximum atomic E-state index is 9.13. The van der Waals surface area contributed by atoms with Crippen molar-refractivity contribution < 1.29 is 9.36 Å². The molecule has 0 aliphatic carbocycles. The van der Waals surface area contributed by atoms with E-state index in [2.05, 4.69) is 4.76 Å². The summed E-state index contributed by atoms with van der Waals surface area (Å²) in [6.45, 7) is 0. The van der Waals surface area contributed by atoms with Gasteiger partial charge >= 0.3 is 0 Å². The first-order valence-corrected chi connectivity index (χ1v) is 1.71. The molecule has 0 bridgehead atoms. The van der Waals surface area contributed by atoms with Gasteiger partial charge in [-0.2, -0.15) is 0 Å². The molecule has 1 atom stereocenters. The second kappa shape index (κ2) is 3.48. The van der Waals surface area contributed by atoms with Crippen LogP contribution in [0, 0.1) is 0 Å². The molecular formula is CHNO2P. The standard InChI is InChI=1S/CHNO2P/c3-1-2-5-4/h5H. The molecule has 0 N–H and O–H groups in total. The quantitative estimate of drug-likeness (QED) is 0.263. The molecule has 0 fully saturated rings. The molecule has 4 heteroatoms. The number of nitrogens with zero attached hydrogens (tertiary/aromatic N) is 1. The molecule has 0 amide bonds. The van der Waals surface area contributed by atoms with E-state index in [1.54, 1.807) is 0 Å². The summed E-state index contributed by atoms with van der Waals surface area (Å²) in [4.78, 5) is 8.92. The third-order valence-corrected chi connectivity index (χ3v) is 0.274. The van der Waals surface area contributed by atoms with Crippen molar-refractivity contribution in [3.05, 3.63) is 0 Å². The van der Waals surface area contributed by atoms with Crippen molar-refractivity contribution in [3.8, 4) is 0 Å². The van der Waals surface area contributed by atoms with Crippen molar-refractivity contribution in [2.24, 2.45) is 4.76 Å². The van der Waals surface area contributed by atoms with Crippen LogP contribution in [0.2, 0.25) is 0 Å². The summed E-state index contributed by atoms with van der Waals surface area (Å²) < 4.78 is 11.8. The lowest BCUT2D eigenvalue weighted by atomic mass is 11.7. The van der Waals surface area contributed by atoms with Crippen molar-refractivity contribution in [2.75, 3.05) is 0 Å². The Balaban J connectivity index is 3.31. The number of carbonyl (C=O) groups excluding carboxylic acids is 1. The Morgan fingerprint density at radius 3 is 2.40 bits per heavy atom. The fourth-order valence-corrected chi connectivity index (χ4v) is 0.0559. The molecular weight excluding hydrogens is 89.0 g/mol. The van der Waals surface area contributed by atoms with Gasteiger partial charge < -0.3 is 0 Å². The number of rotatable bonds is 1. The lowest BCUT2D eigenvalue weighted by Gasteiger charge is -1.40. The second-order valence-corrected chi connectivity index (χ2v) is 0.701. The Morgan fingerprint density at radius 1 is 1.80 bits per heavy atom. The number of hydrogen-bond acceptors (Lipinski definition) is 2. The van der Waals surface area contributed by atoms with E-state index in [0.717, 1.165) is 6.08 Å². The molecule has 0 aromatic heterocycles. The van der Waals surface area contributed by atoms with E-state index in [-0.39, 0.29) is 0 Å². The minimum Gasteiger partial charge on any atom is -0.264 e. The average Bonchev–Trinajstić information content (AvgIpc) is 1.41. The van der Waals surface area contributed by atoms with Gasteiger partial charge in [-0.05, 0) is 0 Å². The average molecular weight is 90.0 g/mol. The highest BCUT2D eigenvalue weighted by molar-refractivity contribution is 7.22. The molecule has 0 saturated carbocycles. The number of hydrogen-bond donors (Lipinski definition) is 0. The molecule has 0 spiro atoms. The molecule has 1 unspecified atom stereocenters. The molecule has 27 valence electrons. The van der Waals surface area contributed by atoms with Crippen LogP contribution in [-0.2, 0) is 9.36 Å². The fraction of sp³-hybridized carbons (Fsp3) is 0. The van der Waals surface area contributed by atoms with E-state index in [1.165, 1.54) is 0 Å². The molecule has 0 aromatic rings. The van der Waals surface area contributed by atoms with Crippen LogP contribution in [0.25, 0.3) is 0 Å². The van der Waals surface area contributed by atoms with Gasteiger partial charge in [-0.1, -0.05) is 0 Å².